The van der Waals surface area contributed by atoms with Crippen LogP contribution in [0.15, 0.2) is 23.3 Å². The molecule has 2 aliphatic heterocycles. The van der Waals surface area contributed by atoms with Crippen molar-refractivity contribution in [1.29, 1.82) is 0 Å². The summed E-state index contributed by atoms with van der Waals surface area (Å²) >= 11 is 0. The lowest BCUT2D eigenvalue weighted by atomic mass is 10.0. The summed E-state index contributed by atoms with van der Waals surface area (Å²) in [5.41, 5.74) is 1.88. The van der Waals surface area contributed by atoms with Crippen LogP contribution in [-0.2, 0) is 11.3 Å². The van der Waals surface area contributed by atoms with Gasteiger partial charge in [0.2, 0.25) is 5.91 Å². The van der Waals surface area contributed by atoms with Gasteiger partial charge in [0.25, 0.3) is 5.56 Å². The molecule has 0 spiro atoms. The fourth-order valence-corrected chi connectivity index (χ4v) is 4.47. The molecule has 3 aromatic heterocycles. The number of hydrogen-bond donors (Lipinski definition) is 0. The first-order valence-corrected chi connectivity index (χ1v) is 10.1. The molecule has 2 saturated heterocycles. The molecule has 2 aliphatic rings. The smallest absolute Gasteiger partial charge is 0.256 e. The number of anilines is 1. The number of carbonyl (C=O) groups is 1. The number of nitrogens with zero attached hydrogens (tertiary/aromatic N) is 8. The maximum Gasteiger partial charge on any atom is 0.256 e. The summed E-state index contributed by atoms with van der Waals surface area (Å²) in [6.45, 7) is 8.61. The van der Waals surface area contributed by atoms with Gasteiger partial charge in [-0.05, 0) is 32.9 Å². The first kappa shape index (κ1) is 18.7. The van der Waals surface area contributed by atoms with Crippen molar-refractivity contribution in [1.82, 2.24) is 34.3 Å². The molecule has 10 heteroatoms. The van der Waals surface area contributed by atoms with Gasteiger partial charge in [0, 0.05) is 49.3 Å². The van der Waals surface area contributed by atoms with Gasteiger partial charge in [-0.2, -0.15) is 4.52 Å². The summed E-state index contributed by atoms with van der Waals surface area (Å²) in [6, 6.07) is 3.91. The summed E-state index contributed by atoms with van der Waals surface area (Å²) < 4.78 is 3.17. The molecule has 3 aromatic rings. The molecular weight excluding hydrogens is 384 g/mol. The van der Waals surface area contributed by atoms with Gasteiger partial charge in [0.15, 0.2) is 11.5 Å². The monoisotopic (exact) mass is 408 g/mol. The van der Waals surface area contributed by atoms with Crippen molar-refractivity contribution in [2.24, 2.45) is 11.8 Å². The van der Waals surface area contributed by atoms with Crippen LogP contribution >= 0.6 is 0 Å². The summed E-state index contributed by atoms with van der Waals surface area (Å²) in [7, 11) is 0. The molecule has 156 valence electrons. The molecule has 0 saturated carbocycles. The van der Waals surface area contributed by atoms with Gasteiger partial charge >= 0.3 is 0 Å². The third-order valence-corrected chi connectivity index (χ3v) is 6.39. The Hall–Kier alpha value is -3.30. The Morgan fingerprint density at radius 3 is 2.53 bits per heavy atom. The standard InChI is InChI=1S/C20H24N8O2/c1-12-13(2)21-11-27(20(12)30)10-19(29)26-8-15-6-25(7-16(15)9-26)18-5-4-17-23-22-14(3)28(17)24-18/h4-5,11,15-16H,6-10H2,1-3H3. The number of aryl methyl sites for hydroxylation is 2. The van der Waals surface area contributed by atoms with Crippen LogP contribution in [0.5, 0.6) is 0 Å². The third-order valence-electron chi connectivity index (χ3n) is 6.39. The molecule has 2 fully saturated rings. The van der Waals surface area contributed by atoms with Crippen molar-refractivity contribution in [2.45, 2.75) is 27.3 Å². The fourth-order valence-electron chi connectivity index (χ4n) is 4.47. The van der Waals surface area contributed by atoms with E-state index in [1.807, 2.05) is 24.0 Å². The number of amides is 1. The lowest BCUT2D eigenvalue weighted by molar-refractivity contribution is -0.131. The van der Waals surface area contributed by atoms with Gasteiger partial charge in [0.1, 0.15) is 12.4 Å². The number of likely N-dealkylation sites (tertiary alicyclic amines) is 1. The Balaban J connectivity index is 1.25. The first-order chi connectivity index (χ1) is 14.4. The van der Waals surface area contributed by atoms with E-state index in [4.69, 9.17) is 0 Å². The van der Waals surface area contributed by atoms with Crippen molar-refractivity contribution in [3.8, 4) is 0 Å². The van der Waals surface area contributed by atoms with Crippen molar-refractivity contribution >= 4 is 17.4 Å². The van der Waals surface area contributed by atoms with Crippen molar-refractivity contribution in [2.75, 3.05) is 31.1 Å². The van der Waals surface area contributed by atoms with E-state index < -0.39 is 0 Å². The van der Waals surface area contributed by atoms with E-state index in [9.17, 15) is 9.59 Å². The number of fused-ring (bicyclic) bond motifs is 2. The molecule has 1 amide bonds. The number of aromatic nitrogens is 6. The molecule has 0 aromatic carbocycles. The normalized spacial score (nSPS) is 20.9. The molecular formula is C20H24N8O2. The zero-order valence-electron chi connectivity index (χ0n) is 17.3. The van der Waals surface area contributed by atoms with Crippen molar-refractivity contribution in [3.05, 3.63) is 45.9 Å². The Morgan fingerprint density at radius 1 is 1.07 bits per heavy atom. The second-order valence-electron chi connectivity index (χ2n) is 8.32. The fraction of sp³-hybridized carbons (Fsp3) is 0.500. The maximum atomic E-state index is 12.8. The van der Waals surface area contributed by atoms with Crippen LogP contribution in [-0.4, -0.2) is 66.3 Å². The predicted octanol–water partition coefficient (Wildman–Crippen LogP) is 0.201. The first-order valence-electron chi connectivity index (χ1n) is 10.1. The van der Waals surface area contributed by atoms with Crippen LogP contribution in [0, 0.1) is 32.6 Å². The van der Waals surface area contributed by atoms with Crippen LogP contribution < -0.4 is 10.5 Å². The minimum Gasteiger partial charge on any atom is -0.354 e. The predicted molar refractivity (Wildman–Crippen MR) is 109 cm³/mol. The number of hydrogen-bond acceptors (Lipinski definition) is 7. The summed E-state index contributed by atoms with van der Waals surface area (Å²) in [4.78, 5) is 33.5. The van der Waals surface area contributed by atoms with Crippen LogP contribution in [0.1, 0.15) is 17.1 Å². The molecule has 10 nitrogen and oxygen atoms in total. The summed E-state index contributed by atoms with van der Waals surface area (Å²) in [5, 5.41) is 12.8. The van der Waals surface area contributed by atoms with E-state index in [1.54, 1.807) is 18.4 Å². The van der Waals surface area contributed by atoms with Crippen molar-refractivity contribution < 1.29 is 4.79 Å². The van der Waals surface area contributed by atoms with Crippen LogP contribution in [0.3, 0.4) is 0 Å². The Morgan fingerprint density at radius 2 is 1.80 bits per heavy atom. The summed E-state index contributed by atoms with van der Waals surface area (Å²) in [6.07, 6.45) is 1.47. The minimum atomic E-state index is -0.146. The maximum absolute atomic E-state index is 12.8. The molecule has 0 N–H and O–H groups in total. The average Bonchev–Trinajstić information content (AvgIpc) is 3.41. The van der Waals surface area contributed by atoms with Crippen LogP contribution in [0.2, 0.25) is 0 Å². The Kier molecular flexibility index (Phi) is 4.30. The van der Waals surface area contributed by atoms with E-state index in [0.717, 1.165) is 30.4 Å². The highest BCUT2D eigenvalue weighted by atomic mass is 16.2. The van der Waals surface area contributed by atoms with Gasteiger partial charge in [-0.25, -0.2) is 4.98 Å². The molecule has 5 heterocycles. The van der Waals surface area contributed by atoms with Gasteiger partial charge in [0.05, 0.1) is 6.33 Å². The van der Waals surface area contributed by atoms with Gasteiger partial charge in [-0.1, -0.05) is 0 Å². The Labute approximate surface area is 173 Å². The second-order valence-corrected chi connectivity index (χ2v) is 8.32. The van der Waals surface area contributed by atoms with Gasteiger partial charge in [-0.3, -0.25) is 14.2 Å². The van der Waals surface area contributed by atoms with E-state index in [0.29, 0.717) is 36.2 Å². The quantitative estimate of drug-likeness (QED) is 0.610. The van der Waals surface area contributed by atoms with E-state index >= 15 is 0 Å². The highest BCUT2D eigenvalue weighted by Crippen LogP contribution is 2.33. The second kappa shape index (κ2) is 6.89. The highest BCUT2D eigenvalue weighted by molar-refractivity contribution is 5.76. The molecule has 2 unspecified atom stereocenters. The van der Waals surface area contributed by atoms with Crippen LogP contribution in [0.4, 0.5) is 5.82 Å². The largest absolute Gasteiger partial charge is 0.354 e. The van der Waals surface area contributed by atoms with Gasteiger partial charge < -0.3 is 9.80 Å². The van der Waals surface area contributed by atoms with Crippen LogP contribution in [0.25, 0.3) is 5.65 Å². The lowest BCUT2D eigenvalue weighted by Gasteiger charge is -2.22. The minimum absolute atomic E-state index is 0.0252. The Bertz CT molecular complexity index is 1190. The zero-order valence-corrected chi connectivity index (χ0v) is 17.3. The SMILES string of the molecule is Cc1ncn(CC(=O)N2CC3CN(c4ccc5nnc(C)n5n4)CC3C2)c(=O)c1C. The molecule has 5 rings (SSSR count). The number of carbonyl (C=O) groups excluding carboxylic acids is 1. The topological polar surface area (TPSA) is 102 Å². The zero-order chi connectivity index (χ0) is 21.0. The summed E-state index contributed by atoms with van der Waals surface area (Å²) in [5.74, 6) is 2.46. The average molecular weight is 408 g/mol. The lowest BCUT2D eigenvalue weighted by Crippen LogP contribution is -2.38. The molecule has 0 aliphatic carbocycles. The highest BCUT2D eigenvalue weighted by Gasteiger charge is 2.42. The van der Waals surface area contributed by atoms with Crippen molar-refractivity contribution in [3.63, 3.8) is 0 Å². The van der Waals surface area contributed by atoms with E-state index in [-0.39, 0.29) is 18.0 Å². The molecule has 2 atom stereocenters. The molecule has 30 heavy (non-hydrogen) atoms. The van der Waals surface area contributed by atoms with E-state index in [2.05, 4.69) is 25.2 Å². The van der Waals surface area contributed by atoms with Gasteiger partial charge in [-0.15, -0.1) is 15.3 Å². The molecule has 0 radical (unpaired) electrons. The third kappa shape index (κ3) is 3.03. The van der Waals surface area contributed by atoms with E-state index in [1.165, 1.54) is 10.9 Å². The number of rotatable bonds is 3. The molecule has 0 bridgehead atoms.